The van der Waals surface area contributed by atoms with Gasteiger partial charge in [0.25, 0.3) is 5.91 Å². The second-order valence-electron chi connectivity index (χ2n) is 10.0. The van der Waals surface area contributed by atoms with Gasteiger partial charge in [0.05, 0.1) is 12.1 Å². The molecule has 2 aliphatic rings. The van der Waals surface area contributed by atoms with Crippen molar-refractivity contribution in [2.24, 2.45) is 7.05 Å². The van der Waals surface area contributed by atoms with Gasteiger partial charge >= 0.3 is 6.18 Å². The Balaban J connectivity index is 1.36. The minimum atomic E-state index is -4.62. The molecule has 200 valence electrons. The molecule has 0 spiro atoms. The minimum Gasteiger partial charge on any atom is -0.317 e. The van der Waals surface area contributed by atoms with Crippen molar-refractivity contribution in [3.63, 3.8) is 0 Å². The lowest BCUT2D eigenvalue weighted by atomic mass is 9.98. The van der Waals surface area contributed by atoms with Crippen LogP contribution in [0.15, 0.2) is 67.0 Å². The van der Waals surface area contributed by atoms with Gasteiger partial charge in [0.2, 0.25) is 0 Å². The summed E-state index contributed by atoms with van der Waals surface area (Å²) in [5, 5.41) is 8.17. The molecule has 0 unspecified atom stereocenters. The number of nitrogens with zero attached hydrogens (tertiary/aromatic N) is 5. The summed E-state index contributed by atoms with van der Waals surface area (Å²) in [6, 6.07) is 17.5. The summed E-state index contributed by atoms with van der Waals surface area (Å²) < 4.78 is 57.9. The standard InChI is InChI=1S/C29H25F4N5O/c1-36-17-34-35-27(36)23-8-3-2-7-22(23)19-5-4-6-21(13-19)38-16-25-24(28(38)39)11-18(12-26(25)29(31,32)33)14-37-10-9-20(30)15-37/h2-8,11-13,17,20H,9-10,14-16H2,1H3/t20-/m0/s1. The van der Waals surface area contributed by atoms with Gasteiger partial charge in [-0.15, -0.1) is 10.2 Å². The van der Waals surface area contributed by atoms with Crippen LogP contribution in [-0.4, -0.2) is 44.8 Å². The molecule has 1 saturated heterocycles. The summed E-state index contributed by atoms with van der Waals surface area (Å²) in [7, 11) is 1.84. The van der Waals surface area contributed by atoms with Crippen LogP contribution in [0.2, 0.25) is 0 Å². The van der Waals surface area contributed by atoms with Crippen molar-refractivity contribution in [2.75, 3.05) is 18.0 Å². The predicted octanol–water partition coefficient (Wildman–Crippen LogP) is 5.87. The highest BCUT2D eigenvalue weighted by Crippen LogP contribution is 2.41. The van der Waals surface area contributed by atoms with E-state index in [9.17, 15) is 22.4 Å². The number of fused-ring (bicyclic) bond motifs is 1. The van der Waals surface area contributed by atoms with Crippen LogP contribution in [0.25, 0.3) is 22.5 Å². The molecular formula is C29H25F4N5O. The molecule has 6 nitrogen and oxygen atoms in total. The number of rotatable bonds is 5. The van der Waals surface area contributed by atoms with E-state index >= 15 is 0 Å². The Morgan fingerprint density at radius 1 is 1.00 bits per heavy atom. The predicted molar refractivity (Wildman–Crippen MR) is 139 cm³/mol. The van der Waals surface area contributed by atoms with Crippen LogP contribution in [-0.2, 0) is 26.3 Å². The maximum absolute atomic E-state index is 14.1. The lowest BCUT2D eigenvalue weighted by Crippen LogP contribution is -2.23. The molecule has 10 heteroatoms. The van der Waals surface area contributed by atoms with Gasteiger partial charge in [-0.2, -0.15) is 13.2 Å². The molecule has 1 atom stereocenters. The average Bonchev–Trinajstić information content (AvgIpc) is 3.62. The topological polar surface area (TPSA) is 54.3 Å². The molecule has 3 aromatic carbocycles. The number of alkyl halides is 4. The van der Waals surface area contributed by atoms with Crippen molar-refractivity contribution in [2.45, 2.75) is 31.9 Å². The molecule has 1 fully saturated rings. The Labute approximate surface area is 222 Å². The number of benzene rings is 3. The van der Waals surface area contributed by atoms with Crippen LogP contribution in [0.4, 0.5) is 23.2 Å². The van der Waals surface area contributed by atoms with Gasteiger partial charge in [0.15, 0.2) is 5.82 Å². The zero-order chi connectivity index (χ0) is 27.3. The van der Waals surface area contributed by atoms with Crippen LogP contribution in [0.1, 0.15) is 33.5 Å². The summed E-state index contributed by atoms with van der Waals surface area (Å²) in [5.41, 5.74) is 2.54. The zero-order valence-electron chi connectivity index (χ0n) is 21.1. The fraction of sp³-hybridized carbons (Fsp3) is 0.276. The Morgan fingerprint density at radius 2 is 1.79 bits per heavy atom. The van der Waals surface area contributed by atoms with Crippen molar-refractivity contribution in [1.29, 1.82) is 0 Å². The normalized spacial score (nSPS) is 17.7. The first-order chi connectivity index (χ1) is 18.7. The van der Waals surface area contributed by atoms with E-state index in [4.69, 9.17) is 0 Å². The fourth-order valence-corrected chi connectivity index (χ4v) is 5.51. The first-order valence-electron chi connectivity index (χ1n) is 12.6. The highest BCUT2D eigenvalue weighted by molar-refractivity contribution is 6.10. The minimum absolute atomic E-state index is 0.0362. The zero-order valence-corrected chi connectivity index (χ0v) is 21.1. The number of hydrogen-bond acceptors (Lipinski definition) is 4. The van der Waals surface area contributed by atoms with E-state index in [2.05, 4.69) is 10.2 Å². The molecular weight excluding hydrogens is 510 g/mol. The summed E-state index contributed by atoms with van der Waals surface area (Å²) in [6.45, 7) is 0.635. The third-order valence-corrected chi connectivity index (χ3v) is 7.38. The third-order valence-electron chi connectivity index (χ3n) is 7.38. The molecule has 0 radical (unpaired) electrons. The van der Waals surface area contributed by atoms with E-state index in [1.165, 1.54) is 11.0 Å². The molecule has 0 aliphatic carbocycles. The highest BCUT2D eigenvalue weighted by atomic mass is 19.4. The summed E-state index contributed by atoms with van der Waals surface area (Å²) in [4.78, 5) is 16.7. The lowest BCUT2D eigenvalue weighted by molar-refractivity contribution is -0.138. The Kier molecular flexibility index (Phi) is 6.22. The summed E-state index contributed by atoms with van der Waals surface area (Å²) >= 11 is 0. The number of anilines is 1. The van der Waals surface area contributed by atoms with Crippen molar-refractivity contribution >= 4 is 11.6 Å². The van der Waals surface area contributed by atoms with Crippen molar-refractivity contribution < 1.29 is 22.4 Å². The summed E-state index contributed by atoms with van der Waals surface area (Å²) in [5.74, 6) is 0.181. The number of hydrogen-bond donors (Lipinski definition) is 0. The van der Waals surface area contributed by atoms with Gasteiger partial charge < -0.3 is 9.47 Å². The largest absolute Gasteiger partial charge is 0.416 e. The van der Waals surface area contributed by atoms with Crippen molar-refractivity contribution in [3.05, 3.63) is 89.2 Å². The number of likely N-dealkylation sites (tertiary alicyclic amines) is 1. The smallest absolute Gasteiger partial charge is 0.317 e. The second kappa shape index (κ2) is 9.60. The maximum atomic E-state index is 14.1. The van der Waals surface area contributed by atoms with Gasteiger partial charge in [0.1, 0.15) is 12.5 Å². The number of aryl methyl sites for hydroxylation is 1. The van der Waals surface area contributed by atoms with E-state index in [-0.39, 0.29) is 30.8 Å². The molecule has 1 aromatic heterocycles. The monoisotopic (exact) mass is 535 g/mol. The number of amides is 1. The molecule has 39 heavy (non-hydrogen) atoms. The van der Waals surface area contributed by atoms with Gasteiger partial charge in [-0.3, -0.25) is 9.69 Å². The SMILES string of the molecule is Cn1cnnc1-c1ccccc1-c1cccc(N2Cc3c(cc(CN4CC[C@H](F)C4)cc3C(F)(F)F)C2=O)c1. The van der Waals surface area contributed by atoms with Crippen LogP contribution in [0.5, 0.6) is 0 Å². The molecule has 2 aliphatic heterocycles. The van der Waals surface area contributed by atoms with Crippen LogP contribution >= 0.6 is 0 Å². The molecule has 3 heterocycles. The Morgan fingerprint density at radius 3 is 2.49 bits per heavy atom. The van der Waals surface area contributed by atoms with Crippen LogP contribution in [0, 0.1) is 0 Å². The van der Waals surface area contributed by atoms with E-state index in [0.29, 0.717) is 30.0 Å². The van der Waals surface area contributed by atoms with Crippen LogP contribution < -0.4 is 4.90 Å². The van der Waals surface area contributed by atoms with Crippen LogP contribution in [0.3, 0.4) is 0 Å². The van der Waals surface area contributed by atoms with Gasteiger partial charge in [-0.05, 0) is 52.9 Å². The number of halogens is 4. The van der Waals surface area contributed by atoms with Gasteiger partial charge in [0, 0.05) is 43.5 Å². The third kappa shape index (κ3) is 4.69. The van der Waals surface area contributed by atoms with E-state index in [0.717, 1.165) is 22.8 Å². The number of carbonyl (C=O) groups is 1. The number of carbonyl (C=O) groups excluding carboxylic acids is 1. The number of aromatic nitrogens is 3. The Bertz CT molecular complexity index is 1560. The van der Waals surface area contributed by atoms with Gasteiger partial charge in [-0.25, -0.2) is 4.39 Å². The Hall–Kier alpha value is -4.05. The highest BCUT2D eigenvalue weighted by Gasteiger charge is 2.40. The second-order valence-corrected chi connectivity index (χ2v) is 10.0. The van der Waals surface area contributed by atoms with E-state index < -0.39 is 23.8 Å². The van der Waals surface area contributed by atoms with E-state index in [1.54, 1.807) is 34.0 Å². The average molecular weight is 536 g/mol. The van der Waals surface area contributed by atoms with Crippen molar-refractivity contribution in [3.8, 4) is 22.5 Å². The molecule has 0 N–H and O–H groups in total. The molecule has 1 amide bonds. The lowest BCUT2D eigenvalue weighted by Gasteiger charge is -2.18. The molecule has 0 bridgehead atoms. The quantitative estimate of drug-likeness (QED) is 0.300. The van der Waals surface area contributed by atoms with E-state index in [1.807, 2.05) is 37.4 Å². The first-order valence-corrected chi connectivity index (χ1v) is 12.6. The maximum Gasteiger partial charge on any atom is 0.416 e. The molecule has 4 aromatic rings. The summed E-state index contributed by atoms with van der Waals surface area (Å²) in [6.07, 6.45) is -3.64. The fourth-order valence-electron chi connectivity index (χ4n) is 5.51. The van der Waals surface area contributed by atoms with Crippen molar-refractivity contribution in [1.82, 2.24) is 19.7 Å². The molecule has 0 saturated carbocycles. The molecule has 6 rings (SSSR count). The van der Waals surface area contributed by atoms with Gasteiger partial charge in [-0.1, -0.05) is 36.4 Å². The first kappa shape index (κ1) is 25.2.